The van der Waals surface area contributed by atoms with Gasteiger partial charge in [-0.3, -0.25) is 0 Å². The maximum absolute atomic E-state index is 3.79. The number of hydrogen-bond acceptors (Lipinski definition) is 2. The van der Waals surface area contributed by atoms with Gasteiger partial charge in [-0.15, -0.1) is 0 Å². The third kappa shape index (κ3) is 4.24. The molecule has 0 radical (unpaired) electrons. The molecule has 0 saturated heterocycles. The Balaban J connectivity index is 1.69. The molecule has 1 aromatic carbocycles. The van der Waals surface area contributed by atoms with Crippen LogP contribution < -0.4 is 10.2 Å². The van der Waals surface area contributed by atoms with E-state index >= 15 is 0 Å². The van der Waals surface area contributed by atoms with Crippen molar-refractivity contribution in [2.45, 2.75) is 52.0 Å². The maximum Gasteiger partial charge on any atom is 0.0363 e. The number of nitrogens with one attached hydrogen (secondary N) is 1. The minimum atomic E-state index is 0.476. The molecule has 2 heteroatoms. The molecule has 1 saturated carbocycles. The van der Waals surface area contributed by atoms with E-state index in [0.29, 0.717) is 11.5 Å². The normalized spacial score (nSPS) is 21.6. The summed E-state index contributed by atoms with van der Waals surface area (Å²) in [6.45, 7) is 7.08. The standard InChI is InChI=1S/C18H30N2/c1-18(2)13-8-7-12-17(18)19-14-9-15-20(3)16-10-5-4-6-11-16/h4-6,10-11,17,19H,7-9,12-15H2,1-3H3. The topological polar surface area (TPSA) is 15.3 Å². The Morgan fingerprint density at radius 2 is 1.95 bits per heavy atom. The summed E-state index contributed by atoms with van der Waals surface area (Å²) in [5.41, 5.74) is 1.79. The van der Waals surface area contributed by atoms with Gasteiger partial charge in [-0.05, 0) is 43.4 Å². The molecular weight excluding hydrogens is 244 g/mol. The molecule has 2 rings (SSSR count). The molecule has 1 atom stereocenters. The number of anilines is 1. The molecule has 112 valence electrons. The summed E-state index contributed by atoms with van der Waals surface area (Å²) < 4.78 is 0. The molecule has 1 aliphatic carbocycles. The first-order valence-corrected chi connectivity index (χ1v) is 8.09. The fourth-order valence-corrected chi connectivity index (χ4v) is 3.28. The van der Waals surface area contributed by atoms with Crippen LogP contribution in [0.15, 0.2) is 30.3 Å². The van der Waals surface area contributed by atoms with Gasteiger partial charge >= 0.3 is 0 Å². The Morgan fingerprint density at radius 1 is 1.20 bits per heavy atom. The van der Waals surface area contributed by atoms with E-state index in [1.54, 1.807) is 0 Å². The molecule has 0 amide bonds. The quantitative estimate of drug-likeness (QED) is 0.787. The van der Waals surface area contributed by atoms with E-state index < -0.39 is 0 Å². The van der Waals surface area contributed by atoms with E-state index in [2.05, 4.69) is 61.4 Å². The molecule has 0 aromatic heterocycles. The number of hydrogen-bond donors (Lipinski definition) is 1. The van der Waals surface area contributed by atoms with Crippen LogP contribution in [0.1, 0.15) is 46.0 Å². The number of nitrogens with zero attached hydrogens (tertiary/aromatic N) is 1. The molecule has 1 unspecified atom stereocenters. The van der Waals surface area contributed by atoms with Gasteiger partial charge in [0.05, 0.1) is 0 Å². The van der Waals surface area contributed by atoms with Crippen LogP contribution in [0.5, 0.6) is 0 Å². The molecule has 0 heterocycles. The van der Waals surface area contributed by atoms with E-state index in [1.807, 2.05) is 0 Å². The van der Waals surface area contributed by atoms with E-state index in [9.17, 15) is 0 Å². The first-order chi connectivity index (χ1) is 9.59. The molecule has 1 aliphatic rings. The van der Waals surface area contributed by atoms with Crippen LogP contribution in [0.3, 0.4) is 0 Å². The lowest BCUT2D eigenvalue weighted by atomic mass is 9.73. The van der Waals surface area contributed by atoms with Crippen LogP contribution in [0.2, 0.25) is 0 Å². The van der Waals surface area contributed by atoms with Crippen molar-refractivity contribution in [2.75, 3.05) is 25.0 Å². The highest BCUT2D eigenvalue weighted by atomic mass is 15.1. The van der Waals surface area contributed by atoms with E-state index in [0.717, 1.165) is 13.1 Å². The van der Waals surface area contributed by atoms with Gasteiger partial charge in [0, 0.05) is 25.3 Å². The lowest BCUT2D eigenvalue weighted by Gasteiger charge is -2.39. The Kier molecular flexibility index (Phi) is 5.47. The predicted molar refractivity (Wildman–Crippen MR) is 88.4 cm³/mol. The summed E-state index contributed by atoms with van der Waals surface area (Å²) >= 11 is 0. The van der Waals surface area contributed by atoms with E-state index in [-0.39, 0.29) is 0 Å². The lowest BCUT2D eigenvalue weighted by Crippen LogP contribution is -2.44. The molecular formula is C18H30N2. The maximum atomic E-state index is 3.79. The smallest absolute Gasteiger partial charge is 0.0363 e. The summed E-state index contributed by atoms with van der Waals surface area (Å²) in [6, 6.07) is 11.3. The van der Waals surface area contributed by atoms with Crippen LogP contribution in [0.4, 0.5) is 5.69 Å². The van der Waals surface area contributed by atoms with Crippen molar-refractivity contribution in [3.63, 3.8) is 0 Å². The van der Waals surface area contributed by atoms with Crippen LogP contribution >= 0.6 is 0 Å². The third-order valence-corrected chi connectivity index (χ3v) is 4.77. The lowest BCUT2D eigenvalue weighted by molar-refractivity contribution is 0.168. The zero-order valence-electron chi connectivity index (χ0n) is 13.4. The van der Waals surface area contributed by atoms with Crippen molar-refractivity contribution in [3.8, 4) is 0 Å². The number of para-hydroxylation sites is 1. The summed E-state index contributed by atoms with van der Waals surface area (Å²) in [7, 11) is 2.18. The summed E-state index contributed by atoms with van der Waals surface area (Å²) in [4.78, 5) is 2.34. The Labute approximate surface area is 124 Å². The van der Waals surface area contributed by atoms with Gasteiger partial charge in [0.25, 0.3) is 0 Å². The Morgan fingerprint density at radius 3 is 2.65 bits per heavy atom. The van der Waals surface area contributed by atoms with E-state index in [1.165, 1.54) is 37.8 Å². The largest absolute Gasteiger partial charge is 0.375 e. The van der Waals surface area contributed by atoms with Crippen molar-refractivity contribution in [1.82, 2.24) is 5.32 Å². The fraction of sp³-hybridized carbons (Fsp3) is 0.667. The summed E-state index contributed by atoms with van der Waals surface area (Å²) in [5.74, 6) is 0. The molecule has 0 aliphatic heterocycles. The first-order valence-electron chi connectivity index (χ1n) is 8.09. The third-order valence-electron chi connectivity index (χ3n) is 4.77. The fourth-order valence-electron chi connectivity index (χ4n) is 3.28. The highest BCUT2D eigenvalue weighted by Crippen LogP contribution is 2.35. The monoisotopic (exact) mass is 274 g/mol. The van der Waals surface area contributed by atoms with Crippen LogP contribution in [0.25, 0.3) is 0 Å². The molecule has 0 bridgehead atoms. The highest BCUT2D eigenvalue weighted by Gasteiger charge is 2.31. The van der Waals surface area contributed by atoms with Crippen molar-refractivity contribution in [1.29, 1.82) is 0 Å². The molecule has 2 nitrogen and oxygen atoms in total. The molecule has 1 aromatic rings. The zero-order chi connectivity index (χ0) is 14.4. The van der Waals surface area contributed by atoms with Gasteiger partial charge in [-0.25, -0.2) is 0 Å². The zero-order valence-corrected chi connectivity index (χ0v) is 13.4. The van der Waals surface area contributed by atoms with Crippen LogP contribution in [-0.4, -0.2) is 26.2 Å². The molecule has 1 N–H and O–H groups in total. The van der Waals surface area contributed by atoms with Crippen molar-refractivity contribution in [2.24, 2.45) is 5.41 Å². The van der Waals surface area contributed by atoms with Gasteiger partial charge in [-0.1, -0.05) is 44.9 Å². The van der Waals surface area contributed by atoms with Crippen molar-refractivity contribution < 1.29 is 0 Å². The van der Waals surface area contributed by atoms with Crippen LogP contribution in [0, 0.1) is 5.41 Å². The van der Waals surface area contributed by atoms with Crippen molar-refractivity contribution >= 4 is 5.69 Å². The van der Waals surface area contributed by atoms with E-state index in [4.69, 9.17) is 0 Å². The van der Waals surface area contributed by atoms with Gasteiger partial charge in [0.2, 0.25) is 0 Å². The SMILES string of the molecule is CN(CCCNC1CCCCC1(C)C)c1ccccc1. The van der Waals surface area contributed by atoms with Gasteiger partial charge < -0.3 is 10.2 Å². The Bertz CT molecular complexity index is 386. The average molecular weight is 274 g/mol. The molecule has 0 spiro atoms. The van der Waals surface area contributed by atoms with Crippen LogP contribution in [-0.2, 0) is 0 Å². The molecule has 1 fully saturated rings. The second-order valence-electron chi connectivity index (χ2n) is 6.85. The number of rotatable bonds is 6. The second-order valence-corrected chi connectivity index (χ2v) is 6.85. The minimum absolute atomic E-state index is 0.476. The first kappa shape index (κ1) is 15.4. The summed E-state index contributed by atoms with van der Waals surface area (Å²) in [5, 5.41) is 3.79. The predicted octanol–water partition coefficient (Wildman–Crippen LogP) is 4.07. The second kappa shape index (κ2) is 7.12. The summed E-state index contributed by atoms with van der Waals surface area (Å²) in [6.07, 6.45) is 6.72. The minimum Gasteiger partial charge on any atom is -0.375 e. The highest BCUT2D eigenvalue weighted by molar-refractivity contribution is 5.44. The average Bonchev–Trinajstić information content (AvgIpc) is 2.45. The van der Waals surface area contributed by atoms with Gasteiger partial charge in [0.1, 0.15) is 0 Å². The van der Waals surface area contributed by atoms with Crippen molar-refractivity contribution in [3.05, 3.63) is 30.3 Å². The van der Waals surface area contributed by atoms with Gasteiger partial charge in [-0.2, -0.15) is 0 Å². The van der Waals surface area contributed by atoms with Gasteiger partial charge in [0.15, 0.2) is 0 Å². The molecule has 20 heavy (non-hydrogen) atoms. The Hall–Kier alpha value is -1.02. The number of benzene rings is 1.